The number of ether oxygens (including phenoxy) is 1. The van der Waals surface area contributed by atoms with E-state index in [9.17, 15) is 59.4 Å². The topological polar surface area (TPSA) is 233 Å². The van der Waals surface area contributed by atoms with Gasteiger partial charge < -0.3 is 40.2 Å². The molecule has 6 N–H and O–H groups in total. The van der Waals surface area contributed by atoms with Crippen molar-refractivity contribution < 1.29 is 68.5 Å². The summed E-state index contributed by atoms with van der Waals surface area (Å²) in [6.45, 7) is 7.42. The molecule has 8 aliphatic rings. The molecule has 0 radical (unpaired) electrons. The van der Waals surface area contributed by atoms with Gasteiger partial charge in [-0.2, -0.15) is 0 Å². The minimum absolute atomic E-state index is 0.0144. The van der Waals surface area contributed by atoms with E-state index in [0.29, 0.717) is 31.3 Å². The summed E-state index contributed by atoms with van der Waals surface area (Å²) in [4.78, 5) is 79.1. The van der Waals surface area contributed by atoms with E-state index in [4.69, 9.17) is 4.74 Å². The smallest absolute Gasteiger partial charge is 0.318 e. The Labute approximate surface area is 360 Å². The third kappa shape index (κ3) is 5.48. The normalized spacial score (nSPS) is 47.9. The molecule has 0 amide bonds. The molecule has 62 heavy (non-hydrogen) atoms. The van der Waals surface area contributed by atoms with Crippen molar-refractivity contribution in [3.63, 3.8) is 0 Å². The van der Waals surface area contributed by atoms with Crippen molar-refractivity contribution in [2.45, 2.75) is 140 Å². The largest absolute Gasteiger partial charge is 0.481 e. The van der Waals surface area contributed by atoms with Crippen LogP contribution in [-0.4, -0.2) is 108 Å². The molecule has 0 aromatic rings. The number of halogens is 1. The number of carbonyl (C=O) groups excluding carboxylic acids is 5. The van der Waals surface area contributed by atoms with Crippen LogP contribution >= 0.6 is 0 Å². The number of carbonyl (C=O) groups is 6. The lowest BCUT2D eigenvalue weighted by Gasteiger charge is -2.64. The molecule has 0 heterocycles. The van der Waals surface area contributed by atoms with Crippen molar-refractivity contribution in [1.82, 2.24) is 0 Å². The zero-order chi connectivity index (χ0) is 45.4. The molecular weight excluding hydrogens is 804 g/mol. The highest BCUT2D eigenvalue weighted by atomic mass is 19.1. The van der Waals surface area contributed by atoms with Crippen molar-refractivity contribution in [1.29, 1.82) is 0 Å². The van der Waals surface area contributed by atoms with E-state index >= 15 is 4.39 Å². The quantitative estimate of drug-likeness (QED) is 0.136. The first-order chi connectivity index (χ1) is 28.9. The molecule has 0 bridgehead atoms. The van der Waals surface area contributed by atoms with Crippen LogP contribution in [0.25, 0.3) is 0 Å². The molecule has 6 fully saturated rings. The van der Waals surface area contributed by atoms with Crippen LogP contribution in [0.15, 0.2) is 47.6 Å². The summed E-state index contributed by atoms with van der Waals surface area (Å²) in [5.74, 6) is -7.71. The Hall–Kier alpha value is -3.69. The van der Waals surface area contributed by atoms with Gasteiger partial charge >= 0.3 is 11.9 Å². The van der Waals surface area contributed by atoms with Crippen LogP contribution in [-0.2, 0) is 33.5 Å². The summed E-state index contributed by atoms with van der Waals surface area (Å²) in [5.41, 5.74) is -13.0. The van der Waals surface area contributed by atoms with E-state index < -0.39 is 124 Å². The molecule has 6 saturated carbocycles. The number of Topliss-reactive ketones (excluding diaryl/α,β-unsaturated/α-hetero) is 1. The van der Waals surface area contributed by atoms with Crippen LogP contribution in [0.3, 0.4) is 0 Å². The maximum atomic E-state index is 18.0. The number of fused-ring (bicyclic) bond motifs is 10. The number of carboxylic acids is 1. The second-order valence-electron chi connectivity index (χ2n) is 21.2. The van der Waals surface area contributed by atoms with Crippen molar-refractivity contribution in [3.8, 4) is 0 Å². The number of rotatable bonds is 10. The minimum atomic E-state index is -2.75. The number of aliphatic hydroxyl groups excluding tert-OH is 3. The van der Waals surface area contributed by atoms with Crippen molar-refractivity contribution in [3.05, 3.63) is 47.6 Å². The fraction of sp³-hybridized carbons (Fsp3) is 0.708. The SMILES string of the molecule is C[C@H]1CC2C3CCC4=CC(=O)C=C[C@]4(C)[C@@]3(F)[C@@H](O)C[C@]2(C)[C@@]1(O)C(CC=O)(C(=O)OCC(=O)[C@@]1(O)CCC2C3CCC4=CC(=O)C=C[C@]4(C)C3[C@@H](O)C[C@@]21C)C(O)CC(=O)O. The standard InChI is InChI=1S/C48H61FO13/c1-25-18-33-32-9-7-27-20-29(52)11-14-42(27,3)47(32,49)36(55)23-44(33,5)48(25,61)45(16-17-50,35(54)21-38(57)58)40(59)62-24-37(56)46(60)15-12-31-30-8-6-26-19-28(51)10-13-41(26,2)39(30)34(53)22-43(31,46)4/h10-11,13-14,17,19-20,25,30-36,39,53-55,60-61H,6-9,12,15-16,18,21-24H2,1-5H3,(H,57,58)/t25-,30?,31?,32?,33?,34-,35?,36-,39?,41-,42-,43-,44-,45?,46-,47-,48+/m0/s1. The van der Waals surface area contributed by atoms with E-state index in [-0.39, 0.29) is 61.3 Å². The number of esters is 1. The average Bonchev–Trinajstić information content (AvgIpc) is 3.58. The molecule has 14 heteroatoms. The summed E-state index contributed by atoms with van der Waals surface area (Å²) in [7, 11) is 0. The van der Waals surface area contributed by atoms with Crippen LogP contribution < -0.4 is 0 Å². The number of carboxylic acid groups (broad SMARTS) is 1. The molecule has 0 aromatic heterocycles. The third-order valence-corrected chi connectivity index (χ3v) is 19.1. The number of hydrogen-bond acceptors (Lipinski definition) is 12. The summed E-state index contributed by atoms with van der Waals surface area (Å²) >= 11 is 0. The van der Waals surface area contributed by atoms with Gasteiger partial charge in [0.25, 0.3) is 0 Å². The molecule has 13 nitrogen and oxygen atoms in total. The van der Waals surface area contributed by atoms with Crippen LogP contribution in [0.2, 0.25) is 0 Å². The molecule has 8 rings (SSSR count). The predicted octanol–water partition coefficient (Wildman–Crippen LogP) is 3.87. The summed E-state index contributed by atoms with van der Waals surface area (Å²) in [6, 6.07) is 0. The van der Waals surface area contributed by atoms with E-state index in [1.807, 2.05) is 13.0 Å². The van der Waals surface area contributed by atoms with Gasteiger partial charge in [-0.15, -0.1) is 0 Å². The first-order valence-electron chi connectivity index (χ1n) is 22.3. The molecular formula is C48H61FO13. The van der Waals surface area contributed by atoms with Gasteiger partial charge in [0.05, 0.1) is 30.3 Å². The number of aldehydes is 1. The molecule has 17 atom stereocenters. The molecule has 338 valence electrons. The van der Waals surface area contributed by atoms with E-state index in [1.165, 1.54) is 24.3 Å². The molecule has 0 aliphatic heterocycles. The molecule has 0 saturated heterocycles. The summed E-state index contributed by atoms with van der Waals surface area (Å²) in [6.07, 6.45) is 4.00. The Kier molecular flexibility index (Phi) is 10.4. The number of hydrogen-bond donors (Lipinski definition) is 6. The lowest BCUT2D eigenvalue weighted by Crippen LogP contribution is -2.73. The molecule has 7 unspecified atom stereocenters. The lowest BCUT2D eigenvalue weighted by atomic mass is 9.42. The van der Waals surface area contributed by atoms with Gasteiger partial charge in [-0.1, -0.05) is 51.0 Å². The van der Waals surface area contributed by atoms with Crippen LogP contribution in [0.4, 0.5) is 4.39 Å². The van der Waals surface area contributed by atoms with Crippen LogP contribution in [0.5, 0.6) is 0 Å². The fourth-order valence-electron chi connectivity index (χ4n) is 16.1. The Morgan fingerprint density at radius 3 is 2.23 bits per heavy atom. The van der Waals surface area contributed by atoms with Gasteiger partial charge in [-0.25, -0.2) is 4.39 Å². The summed E-state index contributed by atoms with van der Waals surface area (Å²) < 4.78 is 23.8. The van der Waals surface area contributed by atoms with E-state index in [2.05, 4.69) is 0 Å². The number of alkyl halides is 1. The molecule has 0 spiro atoms. The minimum Gasteiger partial charge on any atom is -0.481 e. The van der Waals surface area contributed by atoms with Crippen LogP contribution in [0.1, 0.15) is 105 Å². The zero-order valence-electron chi connectivity index (χ0n) is 36.1. The van der Waals surface area contributed by atoms with Gasteiger partial charge in [0, 0.05) is 39.9 Å². The first-order valence-corrected chi connectivity index (χ1v) is 22.3. The second-order valence-corrected chi connectivity index (χ2v) is 21.2. The fourth-order valence-corrected chi connectivity index (χ4v) is 16.1. The highest BCUT2D eigenvalue weighted by Crippen LogP contribution is 2.74. The predicted molar refractivity (Wildman–Crippen MR) is 218 cm³/mol. The number of aliphatic hydroxyl groups is 5. The van der Waals surface area contributed by atoms with Gasteiger partial charge in [0.2, 0.25) is 5.78 Å². The highest BCUT2D eigenvalue weighted by molar-refractivity contribution is 6.02. The molecule has 0 aromatic carbocycles. The van der Waals surface area contributed by atoms with Gasteiger partial charge in [-0.05, 0) is 113 Å². The Bertz CT molecular complexity index is 2130. The van der Waals surface area contributed by atoms with Crippen molar-refractivity contribution in [2.75, 3.05) is 6.61 Å². The summed E-state index contributed by atoms with van der Waals surface area (Å²) in [5, 5.41) is 71.6. The highest BCUT2D eigenvalue weighted by Gasteiger charge is 2.80. The number of ketones is 3. The van der Waals surface area contributed by atoms with Crippen molar-refractivity contribution in [2.24, 2.45) is 62.6 Å². The van der Waals surface area contributed by atoms with E-state index in [1.54, 1.807) is 33.8 Å². The molecule has 8 aliphatic carbocycles. The Morgan fingerprint density at radius 1 is 0.919 bits per heavy atom. The number of allylic oxidation sites excluding steroid dienone is 8. The average molecular weight is 865 g/mol. The first kappa shape index (κ1) is 44.9. The zero-order valence-corrected chi connectivity index (χ0v) is 36.1. The van der Waals surface area contributed by atoms with Crippen LogP contribution in [0, 0.1) is 62.6 Å². The number of aliphatic carboxylic acids is 1. The van der Waals surface area contributed by atoms with Gasteiger partial charge in [-0.3, -0.25) is 24.0 Å². The maximum absolute atomic E-state index is 18.0. The Balaban J connectivity index is 1.11. The van der Waals surface area contributed by atoms with Gasteiger partial charge in [0.15, 0.2) is 23.8 Å². The lowest BCUT2D eigenvalue weighted by molar-refractivity contribution is -0.265. The monoisotopic (exact) mass is 864 g/mol. The second kappa shape index (κ2) is 14.4. The van der Waals surface area contributed by atoms with Crippen molar-refractivity contribution >= 4 is 35.6 Å². The third-order valence-electron chi connectivity index (χ3n) is 19.1. The van der Waals surface area contributed by atoms with Gasteiger partial charge in [0.1, 0.15) is 17.3 Å². The maximum Gasteiger partial charge on any atom is 0.318 e. The Morgan fingerprint density at radius 2 is 1.56 bits per heavy atom. The van der Waals surface area contributed by atoms with E-state index in [0.717, 1.165) is 5.57 Å².